The Morgan fingerprint density at radius 2 is 2.00 bits per heavy atom. The largest absolute Gasteiger partial charge is 0.366 e. The van der Waals surface area contributed by atoms with Gasteiger partial charge in [0.05, 0.1) is 11.7 Å². The number of amides is 1. The molecule has 16 heavy (non-hydrogen) atoms. The lowest BCUT2D eigenvalue weighted by Crippen LogP contribution is -2.41. The summed E-state index contributed by atoms with van der Waals surface area (Å²) in [6.45, 7) is 7.31. The Morgan fingerprint density at radius 3 is 2.44 bits per heavy atom. The molecule has 1 amide bonds. The van der Waals surface area contributed by atoms with E-state index < -0.39 is 0 Å². The Kier molecular flexibility index (Phi) is 4.31. The van der Waals surface area contributed by atoms with Crippen molar-refractivity contribution in [2.75, 3.05) is 19.7 Å². The monoisotopic (exact) mass is 224 g/mol. The van der Waals surface area contributed by atoms with Crippen LogP contribution in [0.15, 0.2) is 0 Å². The van der Waals surface area contributed by atoms with E-state index in [9.17, 15) is 4.79 Å². The van der Waals surface area contributed by atoms with Crippen LogP contribution in [0.25, 0.3) is 0 Å². The second-order valence-electron chi connectivity index (χ2n) is 5.19. The standard InChI is InChI=1S/C12H20N2O2/c1-12(2,3)16-9-11(15)14-6-4-10(8-13)5-7-14/h10H,4-7,9H2,1-3H3. The summed E-state index contributed by atoms with van der Waals surface area (Å²) in [6.07, 6.45) is 1.58. The zero-order chi connectivity index (χ0) is 12.2. The molecule has 0 spiro atoms. The Labute approximate surface area is 97.2 Å². The van der Waals surface area contributed by atoms with Crippen molar-refractivity contribution in [2.24, 2.45) is 5.92 Å². The van der Waals surface area contributed by atoms with Crippen LogP contribution in [0, 0.1) is 17.2 Å². The molecule has 0 aliphatic carbocycles. The molecule has 1 aliphatic rings. The summed E-state index contributed by atoms with van der Waals surface area (Å²) in [5.74, 6) is 0.152. The van der Waals surface area contributed by atoms with Crippen LogP contribution in [0.2, 0.25) is 0 Å². The molecular weight excluding hydrogens is 204 g/mol. The van der Waals surface area contributed by atoms with Gasteiger partial charge >= 0.3 is 0 Å². The van der Waals surface area contributed by atoms with Crippen LogP contribution in [-0.4, -0.2) is 36.1 Å². The maximum Gasteiger partial charge on any atom is 0.248 e. The summed E-state index contributed by atoms with van der Waals surface area (Å²) in [4.78, 5) is 13.5. The molecule has 0 aromatic carbocycles. The lowest BCUT2D eigenvalue weighted by molar-refractivity contribution is -0.142. The van der Waals surface area contributed by atoms with Crippen LogP contribution in [0.4, 0.5) is 0 Å². The Morgan fingerprint density at radius 1 is 1.44 bits per heavy atom. The number of hydrogen-bond donors (Lipinski definition) is 0. The molecule has 0 unspecified atom stereocenters. The van der Waals surface area contributed by atoms with Gasteiger partial charge in [0.2, 0.25) is 5.91 Å². The van der Waals surface area contributed by atoms with Crippen molar-refractivity contribution in [1.82, 2.24) is 4.90 Å². The first-order valence-electron chi connectivity index (χ1n) is 5.74. The highest BCUT2D eigenvalue weighted by Gasteiger charge is 2.23. The molecule has 1 saturated heterocycles. The molecule has 1 fully saturated rings. The molecule has 4 nitrogen and oxygen atoms in total. The molecule has 4 heteroatoms. The summed E-state index contributed by atoms with van der Waals surface area (Å²) in [5.41, 5.74) is -0.277. The number of rotatable bonds is 2. The molecule has 0 radical (unpaired) electrons. The van der Waals surface area contributed by atoms with Gasteiger partial charge in [0.15, 0.2) is 0 Å². The summed E-state index contributed by atoms with van der Waals surface area (Å²) in [6, 6.07) is 2.25. The fourth-order valence-corrected chi connectivity index (χ4v) is 1.63. The quantitative estimate of drug-likeness (QED) is 0.715. The number of nitrogens with zero attached hydrogens (tertiary/aromatic N) is 2. The normalized spacial score (nSPS) is 18.2. The third-order valence-corrected chi connectivity index (χ3v) is 2.66. The molecule has 1 aliphatic heterocycles. The maximum absolute atomic E-state index is 11.8. The third kappa shape index (κ3) is 4.19. The van der Waals surface area contributed by atoms with Gasteiger partial charge in [-0.1, -0.05) is 0 Å². The first kappa shape index (κ1) is 13.0. The van der Waals surface area contributed by atoms with Crippen LogP contribution in [-0.2, 0) is 9.53 Å². The minimum absolute atomic E-state index is 0.0336. The SMILES string of the molecule is CC(C)(C)OCC(=O)N1CCC(C#N)CC1. The van der Waals surface area contributed by atoms with E-state index in [4.69, 9.17) is 10.00 Å². The fraction of sp³-hybridized carbons (Fsp3) is 0.833. The number of carbonyl (C=O) groups is 1. The average molecular weight is 224 g/mol. The van der Waals surface area contributed by atoms with Gasteiger partial charge in [0.1, 0.15) is 6.61 Å². The van der Waals surface area contributed by atoms with Gasteiger partial charge in [0.25, 0.3) is 0 Å². The van der Waals surface area contributed by atoms with Crippen LogP contribution in [0.1, 0.15) is 33.6 Å². The number of hydrogen-bond acceptors (Lipinski definition) is 3. The summed E-state index contributed by atoms with van der Waals surface area (Å²) in [7, 11) is 0. The lowest BCUT2D eigenvalue weighted by Gasteiger charge is -2.30. The second kappa shape index (κ2) is 5.31. The first-order chi connectivity index (χ1) is 7.42. The van der Waals surface area contributed by atoms with E-state index in [1.54, 1.807) is 4.90 Å². The average Bonchev–Trinajstić information content (AvgIpc) is 2.25. The molecule has 1 heterocycles. The van der Waals surface area contributed by atoms with E-state index in [0.29, 0.717) is 13.1 Å². The molecule has 0 aromatic heterocycles. The van der Waals surface area contributed by atoms with E-state index in [1.807, 2.05) is 20.8 Å². The van der Waals surface area contributed by atoms with Crippen molar-refractivity contribution in [3.8, 4) is 6.07 Å². The van der Waals surface area contributed by atoms with E-state index >= 15 is 0 Å². The molecule has 0 aromatic rings. The highest BCUT2D eigenvalue weighted by Crippen LogP contribution is 2.16. The van der Waals surface area contributed by atoms with E-state index in [2.05, 4.69) is 6.07 Å². The van der Waals surface area contributed by atoms with E-state index in [-0.39, 0.29) is 24.0 Å². The summed E-state index contributed by atoms with van der Waals surface area (Å²) >= 11 is 0. The fourth-order valence-electron chi connectivity index (χ4n) is 1.63. The first-order valence-corrected chi connectivity index (χ1v) is 5.74. The number of ether oxygens (including phenoxy) is 1. The summed E-state index contributed by atoms with van der Waals surface area (Å²) < 4.78 is 5.44. The predicted octanol–water partition coefficient (Wildman–Crippen LogP) is 1.56. The van der Waals surface area contributed by atoms with Gasteiger partial charge in [-0.15, -0.1) is 0 Å². The van der Waals surface area contributed by atoms with E-state index in [1.165, 1.54) is 0 Å². The van der Waals surface area contributed by atoms with Crippen molar-refractivity contribution in [1.29, 1.82) is 5.26 Å². The second-order valence-corrected chi connectivity index (χ2v) is 5.19. The topological polar surface area (TPSA) is 53.3 Å². The Balaban J connectivity index is 2.31. The van der Waals surface area contributed by atoms with Crippen LogP contribution < -0.4 is 0 Å². The maximum atomic E-state index is 11.8. The van der Waals surface area contributed by atoms with Gasteiger partial charge in [-0.05, 0) is 33.6 Å². The minimum Gasteiger partial charge on any atom is -0.366 e. The van der Waals surface area contributed by atoms with Crippen molar-refractivity contribution >= 4 is 5.91 Å². The Hall–Kier alpha value is -1.08. The molecule has 0 bridgehead atoms. The number of carbonyl (C=O) groups excluding carboxylic acids is 1. The summed E-state index contributed by atoms with van der Waals surface area (Å²) in [5, 5.41) is 8.75. The van der Waals surface area contributed by atoms with Crippen molar-refractivity contribution < 1.29 is 9.53 Å². The number of piperidine rings is 1. The lowest BCUT2D eigenvalue weighted by atomic mass is 9.99. The molecule has 0 saturated carbocycles. The minimum atomic E-state index is -0.277. The molecule has 1 rings (SSSR count). The van der Waals surface area contributed by atoms with Crippen molar-refractivity contribution in [2.45, 2.75) is 39.2 Å². The molecule has 90 valence electrons. The van der Waals surface area contributed by atoms with Gasteiger partial charge in [0, 0.05) is 19.0 Å². The van der Waals surface area contributed by atoms with Crippen molar-refractivity contribution in [3.05, 3.63) is 0 Å². The smallest absolute Gasteiger partial charge is 0.248 e. The van der Waals surface area contributed by atoms with Gasteiger partial charge in [-0.2, -0.15) is 5.26 Å². The highest BCUT2D eigenvalue weighted by molar-refractivity contribution is 5.77. The van der Waals surface area contributed by atoms with Gasteiger partial charge < -0.3 is 9.64 Å². The number of likely N-dealkylation sites (tertiary alicyclic amines) is 1. The zero-order valence-corrected chi connectivity index (χ0v) is 10.3. The highest BCUT2D eigenvalue weighted by atomic mass is 16.5. The van der Waals surface area contributed by atoms with Crippen LogP contribution in [0.3, 0.4) is 0 Å². The Bertz CT molecular complexity index is 280. The van der Waals surface area contributed by atoms with Crippen LogP contribution >= 0.6 is 0 Å². The van der Waals surface area contributed by atoms with Gasteiger partial charge in [-0.3, -0.25) is 4.79 Å². The van der Waals surface area contributed by atoms with Gasteiger partial charge in [-0.25, -0.2) is 0 Å². The third-order valence-electron chi connectivity index (χ3n) is 2.66. The van der Waals surface area contributed by atoms with Crippen LogP contribution in [0.5, 0.6) is 0 Å². The number of nitriles is 1. The zero-order valence-electron chi connectivity index (χ0n) is 10.3. The molecular formula is C12H20N2O2. The van der Waals surface area contributed by atoms with Crippen molar-refractivity contribution in [3.63, 3.8) is 0 Å². The van der Waals surface area contributed by atoms with E-state index in [0.717, 1.165) is 12.8 Å². The molecule has 0 N–H and O–H groups in total. The predicted molar refractivity (Wildman–Crippen MR) is 60.6 cm³/mol. The molecule has 0 atom stereocenters.